The van der Waals surface area contributed by atoms with Gasteiger partial charge in [-0.3, -0.25) is 0 Å². The summed E-state index contributed by atoms with van der Waals surface area (Å²) in [6.45, 7) is 7.73. The molecule has 1 heterocycles. The summed E-state index contributed by atoms with van der Waals surface area (Å²) in [6.07, 6.45) is 4.36. The van der Waals surface area contributed by atoms with Crippen molar-refractivity contribution in [1.82, 2.24) is 0 Å². The van der Waals surface area contributed by atoms with Crippen molar-refractivity contribution in [2.24, 2.45) is 5.41 Å². The number of ether oxygens (including phenoxy) is 1. The second kappa shape index (κ2) is 2.91. The first-order valence-corrected chi connectivity index (χ1v) is 4.22. The minimum absolute atomic E-state index is 0.348. The Kier molecular flexibility index (Phi) is 2.35. The molecule has 1 saturated heterocycles. The Morgan fingerprint density at radius 2 is 1.90 bits per heavy atom. The van der Waals surface area contributed by atoms with Gasteiger partial charge in [-0.15, -0.1) is 0 Å². The molecule has 1 aliphatic rings. The van der Waals surface area contributed by atoms with Crippen LogP contribution in [-0.4, -0.2) is 12.7 Å². The zero-order valence-electron chi connectivity index (χ0n) is 7.31. The lowest BCUT2D eigenvalue weighted by atomic mass is 9.85. The SMILES string of the molecule is CC(C)(C)C1CCCCO1. The third-order valence-electron chi connectivity index (χ3n) is 2.15. The molecular weight excluding hydrogens is 124 g/mol. The van der Waals surface area contributed by atoms with Crippen LogP contribution in [0.4, 0.5) is 0 Å². The third kappa shape index (κ3) is 1.98. The minimum Gasteiger partial charge on any atom is -0.378 e. The molecule has 0 aromatic heterocycles. The summed E-state index contributed by atoms with van der Waals surface area (Å²) in [5.41, 5.74) is 0.348. The predicted molar refractivity (Wildman–Crippen MR) is 43.0 cm³/mol. The highest BCUT2D eigenvalue weighted by Gasteiger charge is 2.26. The van der Waals surface area contributed by atoms with Crippen LogP contribution in [0.1, 0.15) is 40.0 Å². The van der Waals surface area contributed by atoms with Crippen LogP contribution in [0, 0.1) is 5.41 Å². The van der Waals surface area contributed by atoms with Crippen LogP contribution in [0.25, 0.3) is 0 Å². The smallest absolute Gasteiger partial charge is 0.0623 e. The van der Waals surface area contributed by atoms with Gasteiger partial charge in [0.25, 0.3) is 0 Å². The van der Waals surface area contributed by atoms with Crippen LogP contribution in [-0.2, 0) is 4.74 Å². The second-order valence-corrected chi connectivity index (χ2v) is 4.22. The molecule has 0 aromatic rings. The fourth-order valence-corrected chi connectivity index (χ4v) is 1.42. The van der Waals surface area contributed by atoms with Gasteiger partial charge in [-0.05, 0) is 24.7 Å². The third-order valence-corrected chi connectivity index (χ3v) is 2.15. The zero-order chi connectivity index (χ0) is 7.61. The lowest BCUT2D eigenvalue weighted by molar-refractivity contribution is -0.0474. The summed E-state index contributed by atoms with van der Waals surface area (Å²) < 4.78 is 5.64. The second-order valence-electron chi connectivity index (χ2n) is 4.22. The van der Waals surface area contributed by atoms with E-state index in [4.69, 9.17) is 4.74 Å². The molecule has 1 rings (SSSR count). The Morgan fingerprint density at radius 3 is 2.20 bits per heavy atom. The molecule has 0 N–H and O–H groups in total. The van der Waals surface area contributed by atoms with Crippen molar-refractivity contribution in [2.75, 3.05) is 6.61 Å². The molecule has 0 radical (unpaired) electrons. The maximum absolute atomic E-state index is 5.64. The molecule has 0 saturated carbocycles. The van der Waals surface area contributed by atoms with Crippen LogP contribution in [0.3, 0.4) is 0 Å². The quantitative estimate of drug-likeness (QED) is 0.505. The van der Waals surface area contributed by atoms with E-state index in [-0.39, 0.29) is 0 Å². The van der Waals surface area contributed by atoms with Crippen LogP contribution in [0.15, 0.2) is 0 Å². The fourth-order valence-electron chi connectivity index (χ4n) is 1.42. The molecule has 1 unspecified atom stereocenters. The summed E-state index contributed by atoms with van der Waals surface area (Å²) in [5.74, 6) is 0. The van der Waals surface area contributed by atoms with E-state index in [1.54, 1.807) is 0 Å². The standard InChI is InChI=1S/C9H18O/c1-9(2,3)8-6-4-5-7-10-8/h8H,4-7H2,1-3H3. The first-order chi connectivity index (χ1) is 4.61. The molecule has 1 aliphatic heterocycles. The summed E-state index contributed by atoms with van der Waals surface area (Å²) >= 11 is 0. The van der Waals surface area contributed by atoms with E-state index in [1.807, 2.05) is 0 Å². The Hall–Kier alpha value is -0.0400. The first kappa shape index (κ1) is 8.06. The van der Waals surface area contributed by atoms with E-state index in [2.05, 4.69) is 20.8 Å². The summed E-state index contributed by atoms with van der Waals surface area (Å²) in [6, 6.07) is 0. The van der Waals surface area contributed by atoms with Crippen molar-refractivity contribution in [3.63, 3.8) is 0 Å². The van der Waals surface area contributed by atoms with Crippen molar-refractivity contribution in [1.29, 1.82) is 0 Å². The van der Waals surface area contributed by atoms with Crippen LogP contribution >= 0.6 is 0 Å². The van der Waals surface area contributed by atoms with Gasteiger partial charge in [0.2, 0.25) is 0 Å². The highest BCUT2D eigenvalue weighted by Crippen LogP contribution is 2.29. The van der Waals surface area contributed by atoms with Gasteiger partial charge in [-0.1, -0.05) is 20.8 Å². The number of hydrogen-bond donors (Lipinski definition) is 0. The Bertz CT molecular complexity index is 95.8. The van der Waals surface area contributed by atoms with Crippen molar-refractivity contribution in [3.8, 4) is 0 Å². The molecule has 1 atom stereocenters. The average molecular weight is 142 g/mol. The summed E-state index contributed by atoms with van der Waals surface area (Å²) in [4.78, 5) is 0. The fraction of sp³-hybridized carbons (Fsp3) is 1.00. The van der Waals surface area contributed by atoms with Gasteiger partial charge >= 0.3 is 0 Å². The van der Waals surface area contributed by atoms with Crippen LogP contribution in [0.5, 0.6) is 0 Å². The minimum atomic E-state index is 0.348. The molecule has 0 aliphatic carbocycles. The van der Waals surface area contributed by atoms with E-state index in [1.165, 1.54) is 19.3 Å². The van der Waals surface area contributed by atoms with Gasteiger partial charge in [0.05, 0.1) is 6.10 Å². The average Bonchev–Trinajstić information content (AvgIpc) is 1.88. The molecular formula is C9H18O. The molecule has 0 bridgehead atoms. The van der Waals surface area contributed by atoms with Crippen molar-refractivity contribution >= 4 is 0 Å². The van der Waals surface area contributed by atoms with Crippen molar-refractivity contribution < 1.29 is 4.74 Å². The van der Waals surface area contributed by atoms with Gasteiger partial charge < -0.3 is 4.74 Å². The van der Waals surface area contributed by atoms with Gasteiger partial charge in [0.15, 0.2) is 0 Å². The van der Waals surface area contributed by atoms with Crippen LogP contribution < -0.4 is 0 Å². The summed E-state index contributed by atoms with van der Waals surface area (Å²) in [7, 11) is 0. The highest BCUT2D eigenvalue weighted by molar-refractivity contribution is 4.76. The molecule has 0 aromatic carbocycles. The number of rotatable bonds is 0. The van der Waals surface area contributed by atoms with Crippen LogP contribution in [0.2, 0.25) is 0 Å². The topological polar surface area (TPSA) is 9.23 Å². The molecule has 0 spiro atoms. The van der Waals surface area contributed by atoms with Gasteiger partial charge in [-0.25, -0.2) is 0 Å². The first-order valence-electron chi connectivity index (χ1n) is 4.22. The number of hydrogen-bond acceptors (Lipinski definition) is 1. The monoisotopic (exact) mass is 142 g/mol. The lowest BCUT2D eigenvalue weighted by Crippen LogP contribution is -2.32. The largest absolute Gasteiger partial charge is 0.378 e. The van der Waals surface area contributed by atoms with Gasteiger partial charge in [-0.2, -0.15) is 0 Å². The highest BCUT2D eigenvalue weighted by atomic mass is 16.5. The maximum atomic E-state index is 5.64. The zero-order valence-corrected chi connectivity index (χ0v) is 7.31. The molecule has 10 heavy (non-hydrogen) atoms. The van der Waals surface area contributed by atoms with E-state index >= 15 is 0 Å². The lowest BCUT2D eigenvalue weighted by Gasteiger charge is -2.33. The molecule has 1 fully saturated rings. The van der Waals surface area contributed by atoms with E-state index < -0.39 is 0 Å². The van der Waals surface area contributed by atoms with E-state index in [9.17, 15) is 0 Å². The summed E-state index contributed by atoms with van der Waals surface area (Å²) in [5, 5.41) is 0. The Morgan fingerprint density at radius 1 is 1.20 bits per heavy atom. The molecule has 1 nitrogen and oxygen atoms in total. The van der Waals surface area contributed by atoms with E-state index in [0.717, 1.165) is 6.61 Å². The molecule has 1 heteroatoms. The Labute approximate surface area is 63.8 Å². The van der Waals surface area contributed by atoms with E-state index in [0.29, 0.717) is 11.5 Å². The Balaban J connectivity index is 2.39. The van der Waals surface area contributed by atoms with Gasteiger partial charge in [0, 0.05) is 6.61 Å². The van der Waals surface area contributed by atoms with Crippen molar-refractivity contribution in [2.45, 2.75) is 46.1 Å². The van der Waals surface area contributed by atoms with Gasteiger partial charge in [0.1, 0.15) is 0 Å². The molecule has 0 amide bonds. The maximum Gasteiger partial charge on any atom is 0.0623 e. The molecule has 60 valence electrons. The predicted octanol–water partition coefficient (Wildman–Crippen LogP) is 2.60. The van der Waals surface area contributed by atoms with Crippen molar-refractivity contribution in [3.05, 3.63) is 0 Å². The normalized spacial score (nSPS) is 28.5.